The highest BCUT2D eigenvalue weighted by Crippen LogP contribution is 2.21. The zero-order valence-electron chi connectivity index (χ0n) is 7.55. The second-order valence-corrected chi connectivity index (χ2v) is 3.38. The smallest absolute Gasteiger partial charge is 0.0348 e. The zero-order valence-corrected chi connectivity index (χ0v) is 7.55. The molecule has 63 valence electrons. The van der Waals surface area contributed by atoms with Crippen molar-refractivity contribution in [3.8, 4) is 0 Å². The Hall–Kier alpha value is -0.260. The van der Waals surface area contributed by atoms with Gasteiger partial charge in [0.25, 0.3) is 0 Å². The molecule has 0 N–H and O–H groups in total. The van der Waals surface area contributed by atoms with Crippen molar-refractivity contribution in [1.82, 2.24) is 0 Å². The minimum absolute atomic E-state index is 0.907. The van der Waals surface area contributed by atoms with Crippen LogP contribution in [0.15, 0.2) is 12.2 Å². The summed E-state index contributed by atoms with van der Waals surface area (Å²) in [5.41, 5.74) is 0. The quantitative estimate of drug-likeness (QED) is 0.527. The number of hydrogen-bond acceptors (Lipinski definition) is 0. The Bertz CT molecular complexity index is 113. The van der Waals surface area contributed by atoms with E-state index in [1.165, 1.54) is 38.5 Å². The average Bonchev–Trinajstić information content (AvgIpc) is 1.94. The molecule has 0 aromatic carbocycles. The van der Waals surface area contributed by atoms with E-state index in [4.69, 9.17) is 0 Å². The Balaban J connectivity index is 2.24. The van der Waals surface area contributed by atoms with E-state index in [9.17, 15) is 0 Å². The summed E-state index contributed by atoms with van der Waals surface area (Å²) in [4.78, 5) is 0. The molecule has 0 aromatic heterocycles. The van der Waals surface area contributed by atoms with Gasteiger partial charge in [-0.3, -0.25) is 0 Å². The average molecular weight is 151 g/mol. The number of allylic oxidation sites excluding steroid dienone is 2. The van der Waals surface area contributed by atoms with E-state index in [0.717, 1.165) is 5.92 Å². The Kier molecular flexibility index (Phi) is 4.33. The fourth-order valence-corrected chi connectivity index (χ4v) is 1.76. The Morgan fingerprint density at radius 3 is 2.91 bits per heavy atom. The second-order valence-electron chi connectivity index (χ2n) is 3.38. The summed E-state index contributed by atoms with van der Waals surface area (Å²) in [6.07, 6.45) is 15.2. The molecule has 1 rings (SSSR count). The zero-order chi connectivity index (χ0) is 7.94. The van der Waals surface area contributed by atoms with Crippen LogP contribution < -0.4 is 0 Å². The number of rotatable bonds is 2. The van der Waals surface area contributed by atoms with Gasteiger partial charge >= 0.3 is 0 Å². The fourth-order valence-electron chi connectivity index (χ4n) is 1.76. The molecular weight excluding hydrogens is 132 g/mol. The van der Waals surface area contributed by atoms with Gasteiger partial charge in [0, 0.05) is 0 Å². The molecular formula is C11H19. The standard InChI is InChI=1S/C11H19/c1-2-8-11-9-6-4-3-5-7-10-11/h3-4,8,11H,2,5-7,9-10H2,1H3/b4-3-. The highest BCUT2D eigenvalue weighted by atomic mass is 14.1. The van der Waals surface area contributed by atoms with E-state index in [-0.39, 0.29) is 0 Å². The van der Waals surface area contributed by atoms with Gasteiger partial charge in [-0.1, -0.05) is 25.5 Å². The molecule has 0 aromatic rings. The molecule has 1 unspecified atom stereocenters. The van der Waals surface area contributed by atoms with E-state index < -0.39 is 0 Å². The van der Waals surface area contributed by atoms with Crippen molar-refractivity contribution in [2.75, 3.05) is 0 Å². The van der Waals surface area contributed by atoms with Crippen LogP contribution in [0.2, 0.25) is 0 Å². The van der Waals surface area contributed by atoms with E-state index in [1.54, 1.807) is 0 Å². The molecule has 1 radical (unpaired) electrons. The maximum atomic E-state index is 2.49. The van der Waals surface area contributed by atoms with Gasteiger partial charge in [-0.05, 0) is 44.4 Å². The van der Waals surface area contributed by atoms with Gasteiger partial charge < -0.3 is 0 Å². The fraction of sp³-hybridized carbons (Fsp3) is 0.727. The van der Waals surface area contributed by atoms with Crippen LogP contribution in [-0.4, -0.2) is 0 Å². The molecule has 0 saturated heterocycles. The third-order valence-electron chi connectivity index (χ3n) is 2.39. The second kappa shape index (κ2) is 5.40. The minimum atomic E-state index is 0.907. The van der Waals surface area contributed by atoms with Crippen LogP contribution in [0.3, 0.4) is 0 Å². The largest absolute Gasteiger partial charge is 0.0885 e. The minimum Gasteiger partial charge on any atom is -0.0885 e. The molecule has 0 amide bonds. The molecule has 0 heterocycles. The van der Waals surface area contributed by atoms with E-state index in [1.807, 2.05) is 0 Å². The van der Waals surface area contributed by atoms with Crippen molar-refractivity contribution in [2.45, 2.75) is 45.4 Å². The molecule has 0 bridgehead atoms. The summed E-state index contributed by atoms with van der Waals surface area (Å²) in [6, 6.07) is 0. The van der Waals surface area contributed by atoms with Gasteiger partial charge in [-0.15, -0.1) is 0 Å². The molecule has 0 aliphatic heterocycles. The van der Waals surface area contributed by atoms with Crippen molar-refractivity contribution >= 4 is 0 Å². The van der Waals surface area contributed by atoms with Gasteiger partial charge in [-0.25, -0.2) is 0 Å². The van der Waals surface area contributed by atoms with Crippen molar-refractivity contribution in [1.29, 1.82) is 0 Å². The van der Waals surface area contributed by atoms with Crippen LogP contribution in [0.4, 0.5) is 0 Å². The first-order valence-electron chi connectivity index (χ1n) is 4.92. The molecule has 11 heavy (non-hydrogen) atoms. The topological polar surface area (TPSA) is 0 Å². The van der Waals surface area contributed by atoms with Crippen molar-refractivity contribution in [3.63, 3.8) is 0 Å². The van der Waals surface area contributed by atoms with Gasteiger partial charge in [0.1, 0.15) is 0 Å². The van der Waals surface area contributed by atoms with Crippen LogP contribution in [0.1, 0.15) is 45.4 Å². The SMILES string of the molecule is CC[CH]C1CC/C=C\CCC1. The van der Waals surface area contributed by atoms with Crippen molar-refractivity contribution < 1.29 is 0 Å². The van der Waals surface area contributed by atoms with E-state index in [0.29, 0.717) is 0 Å². The molecule has 0 saturated carbocycles. The lowest BCUT2D eigenvalue weighted by Crippen LogP contribution is -2.01. The molecule has 0 nitrogen and oxygen atoms in total. The summed E-state index contributed by atoms with van der Waals surface area (Å²) < 4.78 is 0. The van der Waals surface area contributed by atoms with Crippen LogP contribution in [0, 0.1) is 12.3 Å². The lowest BCUT2D eigenvalue weighted by Gasteiger charge is -2.15. The molecule has 0 spiro atoms. The molecule has 1 atom stereocenters. The van der Waals surface area contributed by atoms with Crippen LogP contribution >= 0.6 is 0 Å². The Morgan fingerprint density at radius 2 is 2.09 bits per heavy atom. The summed E-state index contributed by atoms with van der Waals surface area (Å²) in [5, 5.41) is 0. The third kappa shape index (κ3) is 3.60. The molecule has 0 fully saturated rings. The first kappa shape index (κ1) is 8.83. The van der Waals surface area contributed by atoms with E-state index in [2.05, 4.69) is 25.5 Å². The Labute approximate surface area is 70.7 Å². The van der Waals surface area contributed by atoms with Gasteiger partial charge in [0.2, 0.25) is 0 Å². The van der Waals surface area contributed by atoms with Crippen molar-refractivity contribution in [2.24, 2.45) is 5.92 Å². The maximum absolute atomic E-state index is 2.49. The lowest BCUT2D eigenvalue weighted by atomic mass is 9.91. The third-order valence-corrected chi connectivity index (χ3v) is 2.39. The predicted molar refractivity (Wildman–Crippen MR) is 50.3 cm³/mol. The molecule has 1 aliphatic rings. The van der Waals surface area contributed by atoms with Gasteiger partial charge in [-0.2, -0.15) is 0 Å². The summed E-state index contributed by atoms with van der Waals surface area (Å²) in [5.74, 6) is 0.907. The summed E-state index contributed by atoms with van der Waals surface area (Å²) in [7, 11) is 0. The van der Waals surface area contributed by atoms with Crippen LogP contribution in [0.25, 0.3) is 0 Å². The molecule has 0 heteroatoms. The monoisotopic (exact) mass is 151 g/mol. The van der Waals surface area contributed by atoms with Gasteiger partial charge in [0.05, 0.1) is 0 Å². The van der Waals surface area contributed by atoms with E-state index >= 15 is 0 Å². The highest BCUT2D eigenvalue weighted by molar-refractivity contribution is 4.87. The van der Waals surface area contributed by atoms with Crippen LogP contribution in [0.5, 0.6) is 0 Å². The predicted octanol–water partition coefficient (Wildman–Crippen LogP) is 3.74. The van der Waals surface area contributed by atoms with Crippen LogP contribution in [-0.2, 0) is 0 Å². The number of hydrogen-bond donors (Lipinski definition) is 0. The maximum Gasteiger partial charge on any atom is -0.0348 e. The lowest BCUT2D eigenvalue weighted by molar-refractivity contribution is 0.480. The summed E-state index contributed by atoms with van der Waals surface area (Å²) in [6.45, 7) is 2.24. The van der Waals surface area contributed by atoms with Gasteiger partial charge in [0.15, 0.2) is 0 Å². The summed E-state index contributed by atoms with van der Waals surface area (Å²) >= 11 is 0. The molecule has 1 aliphatic carbocycles. The first-order chi connectivity index (χ1) is 5.43. The first-order valence-corrected chi connectivity index (χ1v) is 4.92. The van der Waals surface area contributed by atoms with Crippen molar-refractivity contribution in [3.05, 3.63) is 18.6 Å². The Morgan fingerprint density at radius 1 is 1.27 bits per heavy atom. The normalized spacial score (nSPS) is 29.0. The highest BCUT2D eigenvalue weighted by Gasteiger charge is 2.07.